The number of likely N-dealkylation sites (N-methyl/N-ethyl adjacent to an activating group) is 1. The van der Waals surface area contributed by atoms with Crippen LogP contribution in [0.1, 0.15) is 27.2 Å². The molecule has 0 aromatic rings. The van der Waals surface area contributed by atoms with Crippen LogP contribution in [0, 0.1) is 5.92 Å². The molecule has 1 unspecified atom stereocenters. The smallest absolute Gasteiger partial charge is 0.307 e. The molecule has 0 rings (SSSR count). The molecule has 0 saturated carbocycles. The minimum Gasteiger partial charge on any atom is -0.466 e. The number of carbonyl (C=O) groups excluding carboxylic acids is 1. The predicted molar refractivity (Wildman–Crippen MR) is 66.4 cm³/mol. The Morgan fingerprint density at radius 3 is 2.44 bits per heavy atom. The summed E-state index contributed by atoms with van der Waals surface area (Å²) >= 11 is 0. The third kappa shape index (κ3) is 7.65. The van der Waals surface area contributed by atoms with E-state index < -0.39 is 0 Å². The lowest BCUT2D eigenvalue weighted by molar-refractivity contribution is -0.143. The van der Waals surface area contributed by atoms with Gasteiger partial charge in [0.05, 0.1) is 13.0 Å². The summed E-state index contributed by atoms with van der Waals surface area (Å²) in [6.45, 7) is 8.34. The maximum absolute atomic E-state index is 11.1. The summed E-state index contributed by atoms with van der Waals surface area (Å²) in [5.41, 5.74) is 0. The Kier molecular flexibility index (Phi) is 8.21. The van der Waals surface area contributed by atoms with E-state index >= 15 is 0 Å². The van der Waals surface area contributed by atoms with E-state index in [-0.39, 0.29) is 5.97 Å². The summed E-state index contributed by atoms with van der Waals surface area (Å²) in [5, 5.41) is 3.40. The van der Waals surface area contributed by atoms with Crippen LogP contribution in [0.4, 0.5) is 0 Å². The number of hydrogen-bond donors (Lipinski definition) is 1. The van der Waals surface area contributed by atoms with Gasteiger partial charge in [0, 0.05) is 19.1 Å². The standard InChI is InChI=1S/C12H26N2O2/c1-6-16-12(15)7-8-13-11(10(2)3)9-14(4)5/h10-11,13H,6-9H2,1-5H3. The maximum atomic E-state index is 11.1. The third-order valence-corrected chi connectivity index (χ3v) is 2.41. The Morgan fingerprint density at radius 1 is 1.38 bits per heavy atom. The Hall–Kier alpha value is -0.610. The van der Waals surface area contributed by atoms with Gasteiger partial charge in [-0.25, -0.2) is 0 Å². The van der Waals surface area contributed by atoms with Crippen molar-refractivity contribution in [2.24, 2.45) is 5.92 Å². The van der Waals surface area contributed by atoms with Gasteiger partial charge in [-0.15, -0.1) is 0 Å². The molecule has 0 spiro atoms. The van der Waals surface area contributed by atoms with Crippen LogP contribution < -0.4 is 5.32 Å². The molecular formula is C12H26N2O2. The summed E-state index contributed by atoms with van der Waals surface area (Å²) in [4.78, 5) is 13.3. The van der Waals surface area contributed by atoms with Crippen LogP contribution >= 0.6 is 0 Å². The average Bonchev–Trinajstić information content (AvgIpc) is 2.15. The summed E-state index contributed by atoms with van der Waals surface area (Å²) in [6, 6.07) is 0.421. The first kappa shape index (κ1) is 15.4. The highest BCUT2D eigenvalue weighted by atomic mass is 16.5. The molecule has 0 aromatic heterocycles. The van der Waals surface area contributed by atoms with Crippen molar-refractivity contribution in [2.45, 2.75) is 33.2 Å². The van der Waals surface area contributed by atoms with Crippen LogP contribution in [-0.4, -0.2) is 50.7 Å². The van der Waals surface area contributed by atoms with Crippen LogP contribution in [0.5, 0.6) is 0 Å². The van der Waals surface area contributed by atoms with Crippen molar-refractivity contribution >= 4 is 5.97 Å². The fourth-order valence-electron chi connectivity index (χ4n) is 1.50. The van der Waals surface area contributed by atoms with Crippen LogP contribution in [0.25, 0.3) is 0 Å². The molecule has 0 bridgehead atoms. The van der Waals surface area contributed by atoms with Crippen molar-refractivity contribution in [1.82, 2.24) is 10.2 Å². The number of esters is 1. The first-order valence-corrected chi connectivity index (χ1v) is 6.01. The maximum Gasteiger partial charge on any atom is 0.307 e. The van der Waals surface area contributed by atoms with Crippen LogP contribution in [-0.2, 0) is 9.53 Å². The van der Waals surface area contributed by atoms with E-state index in [1.54, 1.807) is 0 Å². The molecule has 0 heterocycles. The first-order chi connectivity index (χ1) is 7.47. The van der Waals surface area contributed by atoms with Gasteiger partial charge < -0.3 is 15.0 Å². The molecule has 4 heteroatoms. The number of carbonyl (C=O) groups is 1. The molecule has 0 fully saturated rings. The van der Waals surface area contributed by atoms with Gasteiger partial charge in [-0.1, -0.05) is 13.8 Å². The van der Waals surface area contributed by atoms with Gasteiger partial charge in [-0.05, 0) is 26.9 Å². The second-order valence-electron chi connectivity index (χ2n) is 4.62. The second kappa shape index (κ2) is 8.53. The molecule has 0 aromatic carbocycles. The highest BCUT2D eigenvalue weighted by molar-refractivity contribution is 5.69. The van der Waals surface area contributed by atoms with Crippen molar-refractivity contribution in [3.63, 3.8) is 0 Å². The molecular weight excluding hydrogens is 204 g/mol. The SMILES string of the molecule is CCOC(=O)CCNC(CN(C)C)C(C)C. The van der Waals surface area contributed by atoms with Gasteiger partial charge >= 0.3 is 5.97 Å². The highest BCUT2D eigenvalue weighted by Crippen LogP contribution is 2.02. The average molecular weight is 230 g/mol. The van der Waals surface area contributed by atoms with Crippen LogP contribution in [0.15, 0.2) is 0 Å². The lowest BCUT2D eigenvalue weighted by Crippen LogP contribution is -2.42. The molecule has 0 saturated heterocycles. The number of hydrogen-bond acceptors (Lipinski definition) is 4. The zero-order valence-corrected chi connectivity index (χ0v) is 11.2. The minimum absolute atomic E-state index is 0.123. The predicted octanol–water partition coefficient (Wildman–Crippen LogP) is 1.12. The summed E-state index contributed by atoms with van der Waals surface area (Å²) in [7, 11) is 4.12. The number of nitrogens with zero attached hydrogens (tertiary/aromatic N) is 1. The molecule has 0 aliphatic heterocycles. The molecule has 0 radical (unpaired) electrons. The number of nitrogens with one attached hydrogen (secondary N) is 1. The van der Waals surface area contributed by atoms with E-state index in [0.717, 1.165) is 6.54 Å². The lowest BCUT2D eigenvalue weighted by Gasteiger charge is -2.25. The van der Waals surface area contributed by atoms with E-state index in [9.17, 15) is 4.79 Å². The Balaban J connectivity index is 3.80. The van der Waals surface area contributed by atoms with Crippen molar-refractivity contribution in [3.05, 3.63) is 0 Å². The fraction of sp³-hybridized carbons (Fsp3) is 0.917. The van der Waals surface area contributed by atoms with Gasteiger partial charge in [0.15, 0.2) is 0 Å². The molecule has 1 atom stereocenters. The van der Waals surface area contributed by atoms with E-state index in [4.69, 9.17) is 4.74 Å². The largest absolute Gasteiger partial charge is 0.466 e. The molecule has 0 aliphatic rings. The van der Waals surface area contributed by atoms with Crippen LogP contribution in [0.2, 0.25) is 0 Å². The van der Waals surface area contributed by atoms with E-state index in [0.29, 0.717) is 31.5 Å². The number of ether oxygens (including phenoxy) is 1. The molecule has 0 amide bonds. The first-order valence-electron chi connectivity index (χ1n) is 6.01. The Labute approximate surface area is 99.3 Å². The Bertz CT molecular complexity index is 193. The second-order valence-corrected chi connectivity index (χ2v) is 4.62. The molecule has 16 heavy (non-hydrogen) atoms. The zero-order valence-electron chi connectivity index (χ0n) is 11.2. The van der Waals surface area contributed by atoms with E-state index in [2.05, 4.69) is 38.2 Å². The van der Waals surface area contributed by atoms with Crippen molar-refractivity contribution in [1.29, 1.82) is 0 Å². The fourth-order valence-corrected chi connectivity index (χ4v) is 1.50. The van der Waals surface area contributed by atoms with Gasteiger partial charge in [0.1, 0.15) is 0 Å². The normalized spacial score (nSPS) is 13.2. The topological polar surface area (TPSA) is 41.6 Å². The van der Waals surface area contributed by atoms with Crippen molar-refractivity contribution in [3.8, 4) is 0 Å². The van der Waals surface area contributed by atoms with E-state index in [1.807, 2.05) is 6.92 Å². The molecule has 0 aliphatic carbocycles. The van der Waals surface area contributed by atoms with Gasteiger partial charge in [-0.3, -0.25) is 4.79 Å². The lowest BCUT2D eigenvalue weighted by atomic mass is 10.0. The zero-order chi connectivity index (χ0) is 12.6. The monoisotopic (exact) mass is 230 g/mol. The van der Waals surface area contributed by atoms with Crippen molar-refractivity contribution in [2.75, 3.05) is 33.8 Å². The number of rotatable bonds is 8. The van der Waals surface area contributed by atoms with Gasteiger partial charge in [-0.2, -0.15) is 0 Å². The summed E-state index contributed by atoms with van der Waals surface area (Å²) < 4.78 is 4.88. The van der Waals surface area contributed by atoms with Gasteiger partial charge in [0.2, 0.25) is 0 Å². The molecule has 96 valence electrons. The minimum atomic E-state index is -0.123. The third-order valence-electron chi connectivity index (χ3n) is 2.41. The highest BCUT2D eigenvalue weighted by Gasteiger charge is 2.13. The summed E-state index contributed by atoms with van der Waals surface area (Å²) in [5.74, 6) is 0.437. The Morgan fingerprint density at radius 2 is 2.00 bits per heavy atom. The molecule has 1 N–H and O–H groups in total. The van der Waals surface area contributed by atoms with E-state index in [1.165, 1.54) is 0 Å². The molecule has 4 nitrogen and oxygen atoms in total. The quantitative estimate of drug-likeness (QED) is 0.634. The van der Waals surface area contributed by atoms with Crippen molar-refractivity contribution < 1.29 is 9.53 Å². The van der Waals surface area contributed by atoms with Gasteiger partial charge in [0.25, 0.3) is 0 Å². The van der Waals surface area contributed by atoms with Crippen LogP contribution in [0.3, 0.4) is 0 Å². The summed E-state index contributed by atoms with van der Waals surface area (Å²) in [6.07, 6.45) is 0.449.